The van der Waals surface area contributed by atoms with E-state index in [-0.39, 0.29) is 17.1 Å². The first-order valence-corrected chi connectivity index (χ1v) is 10.7. The van der Waals surface area contributed by atoms with Crippen LogP contribution in [0.2, 0.25) is 0 Å². The number of hydrogen-bond donors (Lipinski definition) is 0. The Morgan fingerprint density at radius 2 is 1.77 bits per heavy atom. The smallest absolute Gasteiger partial charge is 0.290 e. The van der Waals surface area contributed by atoms with Gasteiger partial charge in [-0.25, -0.2) is 0 Å². The molecule has 2 heterocycles. The minimum Gasteiger partial charge on any atom is -0.497 e. The van der Waals surface area contributed by atoms with Gasteiger partial charge < -0.3 is 19.0 Å². The molecule has 6 nitrogen and oxygen atoms in total. The van der Waals surface area contributed by atoms with Crippen molar-refractivity contribution in [1.82, 2.24) is 9.80 Å². The lowest BCUT2D eigenvalue weighted by Gasteiger charge is -2.28. The summed E-state index contributed by atoms with van der Waals surface area (Å²) in [5, 5.41) is 0.510. The van der Waals surface area contributed by atoms with Crippen molar-refractivity contribution in [2.75, 3.05) is 33.3 Å². The van der Waals surface area contributed by atoms with Crippen LogP contribution in [0.1, 0.15) is 47.1 Å². The van der Waals surface area contributed by atoms with Gasteiger partial charge in [-0.3, -0.25) is 9.59 Å². The molecule has 1 aliphatic heterocycles. The quantitative estimate of drug-likeness (QED) is 0.578. The number of likely N-dealkylation sites (N-methyl/N-ethyl adjacent to an activating group) is 1. The molecule has 1 aliphatic rings. The van der Waals surface area contributed by atoms with E-state index in [0.717, 1.165) is 36.5 Å². The Balaban J connectivity index is 1.86. The SMILES string of the molecule is CCN(CC)CCN1C(=O)c2oc3ccc(C)cc3c(=O)c2[C@H]1c1ccc(OC)cc1. The van der Waals surface area contributed by atoms with E-state index in [9.17, 15) is 9.59 Å². The Bertz CT molecular complexity index is 1160. The van der Waals surface area contributed by atoms with Crippen molar-refractivity contribution in [1.29, 1.82) is 0 Å². The van der Waals surface area contributed by atoms with Crippen LogP contribution in [0.15, 0.2) is 51.7 Å². The Hall–Kier alpha value is -3.12. The fourth-order valence-corrected chi connectivity index (χ4v) is 4.29. The molecule has 0 fully saturated rings. The Labute approximate surface area is 182 Å². The van der Waals surface area contributed by atoms with Crippen molar-refractivity contribution in [3.05, 3.63) is 75.1 Å². The molecule has 0 saturated carbocycles. The molecule has 2 aromatic carbocycles. The van der Waals surface area contributed by atoms with Crippen LogP contribution >= 0.6 is 0 Å². The summed E-state index contributed by atoms with van der Waals surface area (Å²) >= 11 is 0. The molecule has 1 aromatic heterocycles. The summed E-state index contributed by atoms with van der Waals surface area (Å²) in [5.41, 5.74) is 2.57. The fraction of sp³-hybridized carbons (Fsp3) is 0.360. The fourth-order valence-electron chi connectivity index (χ4n) is 4.29. The Morgan fingerprint density at radius 3 is 2.42 bits per heavy atom. The minimum atomic E-state index is -0.481. The van der Waals surface area contributed by atoms with Crippen LogP contribution in [0, 0.1) is 6.92 Å². The monoisotopic (exact) mass is 420 g/mol. The Kier molecular flexibility index (Phi) is 5.83. The summed E-state index contributed by atoms with van der Waals surface area (Å²) in [6.45, 7) is 9.19. The maximum Gasteiger partial charge on any atom is 0.290 e. The number of methoxy groups -OCH3 is 1. The highest BCUT2D eigenvalue weighted by atomic mass is 16.5. The zero-order chi connectivity index (χ0) is 22.1. The normalized spacial score (nSPS) is 15.7. The lowest BCUT2D eigenvalue weighted by atomic mass is 9.98. The summed E-state index contributed by atoms with van der Waals surface area (Å²) in [4.78, 5) is 31.0. The van der Waals surface area contributed by atoms with Crippen molar-refractivity contribution in [2.24, 2.45) is 0 Å². The number of rotatable bonds is 7. The largest absolute Gasteiger partial charge is 0.497 e. The maximum absolute atomic E-state index is 13.5. The van der Waals surface area contributed by atoms with Gasteiger partial charge in [0.05, 0.1) is 24.1 Å². The van der Waals surface area contributed by atoms with E-state index < -0.39 is 6.04 Å². The molecule has 0 bridgehead atoms. The van der Waals surface area contributed by atoms with E-state index in [4.69, 9.17) is 9.15 Å². The van der Waals surface area contributed by atoms with Gasteiger partial charge in [0, 0.05) is 13.1 Å². The average Bonchev–Trinajstić information content (AvgIpc) is 3.07. The number of ether oxygens (including phenoxy) is 1. The zero-order valence-electron chi connectivity index (χ0n) is 18.5. The molecule has 0 saturated heterocycles. The van der Waals surface area contributed by atoms with Gasteiger partial charge in [0.15, 0.2) is 5.43 Å². The van der Waals surface area contributed by atoms with Gasteiger partial charge in [0.25, 0.3) is 5.91 Å². The highest BCUT2D eigenvalue weighted by Gasteiger charge is 2.42. The van der Waals surface area contributed by atoms with Gasteiger partial charge in [-0.05, 0) is 49.8 Å². The predicted octanol–water partition coefficient (Wildman–Crippen LogP) is 4.00. The molecule has 162 valence electrons. The second-order valence-electron chi connectivity index (χ2n) is 7.87. The first-order chi connectivity index (χ1) is 15.0. The second-order valence-corrected chi connectivity index (χ2v) is 7.87. The Morgan fingerprint density at radius 1 is 1.06 bits per heavy atom. The molecular formula is C25H28N2O4. The van der Waals surface area contributed by atoms with E-state index in [0.29, 0.717) is 23.1 Å². The molecule has 0 N–H and O–H groups in total. The summed E-state index contributed by atoms with van der Waals surface area (Å²) in [6.07, 6.45) is 0. The number of carbonyl (C=O) groups excluding carboxylic acids is 1. The first kappa shape index (κ1) is 21.1. The molecule has 4 rings (SSSR count). The molecule has 1 amide bonds. The van der Waals surface area contributed by atoms with Gasteiger partial charge >= 0.3 is 0 Å². The van der Waals surface area contributed by atoms with Crippen molar-refractivity contribution < 1.29 is 13.9 Å². The van der Waals surface area contributed by atoms with Crippen molar-refractivity contribution in [2.45, 2.75) is 26.8 Å². The summed E-state index contributed by atoms with van der Waals surface area (Å²) in [5.74, 6) is 0.647. The molecular weight excluding hydrogens is 392 g/mol. The topological polar surface area (TPSA) is 63.0 Å². The van der Waals surface area contributed by atoms with Crippen molar-refractivity contribution >= 4 is 16.9 Å². The second kappa shape index (κ2) is 8.55. The molecule has 1 atom stereocenters. The summed E-state index contributed by atoms with van der Waals surface area (Å²) in [7, 11) is 1.61. The summed E-state index contributed by atoms with van der Waals surface area (Å²) in [6, 6.07) is 12.5. The van der Waals surface area contributed by atoms with Crippen LogP contribution in [0.25, 0.3) is 11.0 Å². The van der Waals surface area contributed by atoms with Crippen molar-refractivity contribution in [3.63, 3.8) is 0 Å². The van der Waals surface area contributed by atoms with E-state index in [1.165, 1.54) is 0 Å². The maximum atomic E-state index is 13.5. The third-order valence-corrected chi connectivity index (χ3v) is 6.10. The number of nitrogens with zero attached hydrogens (tertiary/aromatic N) is 2. The zero-order valence-corrected chi connectivity index (χ0v) is 18.5. The van der Waals surface area contributed by atoms with Gasteiger partial charge in [-0.1, -0.05) is 37.6 Å². The summed E-state index contributed by atoms with van der Waals surface area (Å²) < 4.78 is 11.3. The molecule has 0 unspecified atom stereocenters. The van der Waals surface area contributed by atoms with Crippen molar-refractivity contribution in [3.8, 4) is 5.75 Å². The standard InChI is InChI=1S/C25H28N2O4/c1-5-26(6-2)13-14-27-22(17-8-10-18(30-4)11-9-17)21-23(28)19-15-16(3)7-12-20(19)31-24(21)25(27)29/h7-12,15,22H,5-6,13-14H2,1-4H3/t22-/m1/s1. The number of benzene rings is 2. The van der Waals surface area contributed by atoms with Crippen LogP contribution in [0.5, 0.6) is 5.75 Å². The molecule has 3 aromatic rings. The van der Waals surface area contributed by atoms with E-state index in [1.807, 2.05) is 43.3 Å². The number of hydrogen-bond acceptors (Lipinski definition) is 5. The van der Waals surface area contributed by atoms with Gasteiger partial charge in [0.2, 0.25) is 5.76 Å². The number of amides is 1. The average molecular weight is 421 g/mol. The molecule has 6 heteroatoms. The predicted molar refractivity (Wildman–Crippen MR) is 121 cm³/mol. The highest BCUT2D eigenvalue weighted by molar-refractivity contribution is 5.99. The van der Waals surface area contributed by atoms with Crippen LogP contribution < -0.4 is 10.2 Å². The molecule has 0 spiro atoms. The molecule has 0 radical (unpaired) electrons. The minimum absolute atomic E-state index is 0.139. The van der Waals surface area contributed by atoms with Crippen LogP contribution in [-0.2, 0) is 0 Å². The third-order valence-electron chi connectivity index (χ3n) is 6.10. The molecule has 0 aliphatic carbocycles. The van der Waals surface area contributed by atoms with E-state index >= 15 is 0 Å². The number of fused-ring (bicyclic) bond motifs is 2. The number of aryl methyl sites for hydroxylation is 1. The first-order valence-electron chi connectivity index (χ1n) is 10.7. The van der Waals surface area contributed by atoms with E-state index in [1.54, 1.807) is 18.1 Å². The lowest BCUT2D eigenvalue weighted by Crippen LogP contribution is -2.37. The van der Waals surface area contributed by atoms with Crippen LogP contribution in [0.4, 0.5) is 0 Å². The van der Waals surface area contributed by atoms with Gasteiger partial charge in [0.1, 0.15) is 11.3 Å². The van der Waals surface area contributed by atoms with E-state index in [2.05, 4.69) is 18.7 Å². The third kappa shape index (κ3) is 3.72. The van der Waals surface area contributed by atoms with Gasteiger partial charge in [-0.2, -0.15) is 0 Å². The lowest BCUT2D eigenvalue weighted by molar-refractivity contribution is 0.0708. The number of carbonyl (C=O) groups is 1. The van der Waals surface area contributed by atoms with Crippen LogP contribution in [-0.4, -0.2) is 49.0 Å². The molecule has 31 heavy (non-hydrogen) atoms. The highest BCUT2D eigenvalue weighted by Crippen LogP contribution is 2.38. The van der Waals surface area contributed by atoms with Crippen LogP contribution in [0.3, 0.4) is 0 Å². The van der Waals surface area contributed by atoms with Gasteiger partial charge in [-0.15, -0.1) is 0 Å².